The number of nitrogens with one attached hydrogen (secondary N) is 4. The SMILES string of the molecule is COC(=O)N[C@H](C(=O)N1CCC[C@H]1c1ncc(-c2ccc([C@@H]3C[C@@H]3c3ccc4nc([C@@H]5CCCN5C(=O)[C@@H](NC(=O)OC)C(C)C)[nH]c4c3)cc2)[nH]1)C(C)C. The maximum Gasteiger partial charge on any atom is 0.407 e. The number of hydrogen-bond acceptors (Lipinski definition) is 8. The summed E-state index contributed by atoms with van der Waals surface area (Å²) in [6.07, 6.45) is 4.97. The van der Waals surface area contributed by atoms with Gasteiger partial charge in [-0.3, -0.25) is 9.59 Å². The van der Waals surface area contributed by atoms with Crippen LogP contribution in [0.2, 0.25) is 0 Å². The molecule has 0 spiro atoms. The monoisotopic (exact) mass is 752 g/mol. The molecule has 2 aromatic carbocycles. The zero-order valence-electron chi connectivity index (χ0n) is 32.4. The van der Waals surface area contributed by atoms with E-state index in [4.69, 9.17) is 19.4 Å². The molecule has 7 rings (SSSR count). The van der Waals surface area contributed by atoms with Crippen molar-refractivity contribution in [1.29, 1.82) is 0 Å². The lowest BCUT2D eigenvalue weighted by Crippen LogP contribution is -2.51. The summed E-state index contributed by atoms with van der Waals surface area (Å²) in [7, 11) is 2.59. The van der Waals surface area contributed by atoms with E-state index in [1.807, 2.05) is 43.7 Å². The number of rotatable bonds is 11. The molecule has 1 aliphatic carbocycles. The number of methoxy groups -OCH3 is 2. The number of nitrogens with zero attached hydrogens (tertiary/aromatic N) is 4. The van der Waals surface area contributed by atoms with Gasteiger partial charge in [-0.2, -0.15) is 0 Å². The first-order valence-electron chi connectivity index (χ1n) is 19.4. The molecule has 4 heterocycles. The van der Waals surface area contributed by atoms with Crippen LogP contribution in [-0.4, -0.2) is 93.1 Å². The first kappa shape index (κ1) is 37.9. The quantitative estimate of drug-likeness (QED) is 0.138. The number of aromatic amines is 2. The predicted molar refractivity (Wildman–Crippen MR) is 206 cm³/mol. The third-order valence-corrected chi connectivity index (χ3v) is 11.5. The third-order valence-electron chi connectivity index (χ3n) is 11.5. The Kier molecular flexibility index (Phi) is 10.9. The van der Waals surface area contributed by atoms with Crippen LogP contribution in [0.3, 0.4) is 0 Å². The van der Waals surface area contributed by atoms with Gasteiger partial charge in [0.05, 0.1) is 49.2 Å². The molecule has 4 amide bonds. The van der Waals surface area contributed by atoms with Crippen molar-refractivity contribution in [2.45, 2.75) is 95.8 Å². The third kappa shape index (κ3) is 7.76. The van der Waals surface area contributed by atoms with Gasteiger partial charge in [0, 0.05) is 13.1 Å². The van der Waals surface area contributed by atoms with Crippen LogP contribution in [0.5, 0.6) is 0 Å². The van der Waals surface area contributed by atoms with Gasteiger partial charge in [-0.1, -0.05) is 58.0 Å². The molecule has 1 saturated carbocycles. The van der Waals surface area contributed by atoms with Crippen molar-refractivity contribution in [3.63, 3.8) is 0 Å². The Hall–Kier alpha value is -5.40. The largest absolute Gasteiger partial charge is 0.453 e. The molecule has 0 bridgehead atoms. The Morgan fingerprint density at radius 1 is 0.745 bits per heavy atom. The fourth-order valence-corrected chi connectivity index (χ4v) is 8.32. The topological polar surface area (TPSA) is 175 Å². The molecule has 14 nitrogen and oxygen atoms in total. The van der Waals surface area contributed by atoms with Gasteiger partial charge >= 0.3 is 12.2 Å². The van der Waals surface area contributed by atoms with E-state index in [1.54, 1.807) is 0 Å². The highest BCUT2D eigenvalue weighted by atomic mass is 16.5. The minimum Gasteiger partial charge on any atom is -0.453 e. The number of H-pyrrole nitrogens is 2. The van der Waals surface area contributed by atoms with E-state index >= 15 is 0 Å². The molecule has 292 valence electrons. The normalized spacial score (nSPS) is 21.9. The molecule has 4 aromatic rings. The highest BCUT2D eigenvalue weighted by Gasteiger charge is 2.41. The van der Waals surface area contributed by atoms with Crippen molar-refractivity contribution in [3.8, 4) is 11.3 Å². The number of ether oxygens (including phenoxy) is 2. The van der Waals surface area contributed by atoms with Crippen LogP contribution in [0, 0.1) is 11.8 Å². The number of hydrogen-bond donors (Lipinski definition) is 4. The fourth-order valence-electron chi connectivity index (χ4n) is 8.32. The lowest BCUT2D eigenvalue weighted by molar-refractivity contribution is -0.136. The predicted octanol–water partition coefficient (Wildman–Crippen LogP) is 6.31. The Morgan fingerprint density at radius 3 is 1.85 bits per heavy atom. The van der Waals surface area contributed by atoms with Crippen LogP contribution < -0.4 is 10.6 Å². The Balaban J connectivity index is 1.00. The summed E-state index contributed by atoms with van der Waals surface area (Å²) < 4.78 is 9.53. The summed E-state index contributed by atoms with van der Waals surface area (Å²) in [5, 5.41) is 5.42. The number of amides is 4. The van der Waals surface area contributed by atoms with Gasteiger partial charge in [-0.25, -0.2) is 19.6 Å². The molecular formula is C41H52N8O6. The second-order valence-corrected chi connectivity index (χ2v) is 15.7. The molecule has 0 radical (unpaired) electrons. The number of benzene rings is 2. The van der Waals surface area contributed by atoms with Crippen LogP contribution in [-0.2, 0) is 19.1 Å². The van der Waals surface area contributed by atoms with E-state index in [-0.39, 0.29) is 35.7 Å². The van der Waals surface area contributed by atoms with Gasteiger partial charge in [0.1, 0.15) is 23.7 Å². The molecule has 4 N–H and O–H groups in total. The van der Waals surface area contributed by atoms with Gasteiger partial charge in [0.15, 0.2) is 0 Å². The molecule has 14 heteroatoms. The van der Waals surface area contributed by atoms with Crippen molar-refractivity contribution >= 4 is 35.0 Å². The van der Waals surface area contributed by atoms with Gasteiger partial charge in [0.25, 0.3) is 0 Å². The van der Waals surface area contributed by atoms with Gasteiger partial charge in [-0.15, -0.1) is 0 Å². The van der Waals surface area contributed by atoms with Crippen molar-refractivity contribution in [3.05, 3.63) is 71.4 Å². The number of fused-ring (bicyclic) bond motifs is 1. The molecule has 3 aliphatic rings. The van der Waals surface area contributed by atoms with Crippen molar-refractivity contribution in [2.75, 3.05) is 27.3 Å². The summed E-state index contributed by atoms with van der Waals surface area (Å²) in [4.78, 5) is 71.3. The molecule has 55 heavy (non-hydrogen) atoms. The summed E-state index contributed by atoms with van der Waals surface area (Å²) in [6, 6.07) is 13.3. The van der Waals surface area contributed by atoms with E-state index in [2.05, 4.69) is 63.1 Å². The molecule has 2 saturated heterocycles. The van der Waals surface area contributed by atoms with Crippen LogP contribution in [0.4, 0.5) is 9.59 Å². The molecular weight excluding hydrogens is 701 g/mol. The van der Waals surface area contributed by atoms with Gasteiger partial charge < -0.3 is 39.9 Å². The highest BCUT2D eigenvalue weighted by molar-refractivity contribution is 5.87. The van der Waals surface area contributed by atoms with Gasteiger partial charge in [0.2, 0.25) is 11.8 Å². The number of carbonyl (C=O) groups is 4. The summed E-state index contributed by atoms with van der Waals surface area (Å²) in [5.74, 6) is 1.88. The fraction of sp³-hybridized carbons (Fsp3) is 0.512. The molecule has 0 unspecified atom stereocenters. The van der Waals surface area contributed by atoms with E-state index in [9.17, 15) is 19.2 Å². The second-order valence-electron chi connectivity index (χ2n) is 15.7. The minimum absolute atomic E-state index is 0.0958. The first-order valence-corrected chi connectivity index (χ1v) is 19.4. The zero-order valence-corrected chi connectivity index (χ0v) is 32.4. The molecule has 2 aliphatic heterocycles. The van der Waals surface area contributed by atoms with Crippen LogP contribution in [0.25, 0.3) is 22.3 Å². The lowest BCUT2D eigenvalue weighted by atomic mass is 10.0. The van der Waals surface area contributed by atoms with Crippen molar-refractivity contribution in [2.24, 2.45) is 11.8 Å². The molecule has 6 atom stereocenters. The van der Waals surface area contributed by atoms with E-state index < -0.39 is 24.3 Å². The van der Waals surface area contributed by atoms with Crippen molar-refractivity contribution < 1.29 is 28.7 Å². The van der Waals surface area contributed by atoms with Crippen LogP contribution >= 0.6 is 0 Å². The Labute approximate surface area is 321 Å². The van der Waals surface area contributed by atoms with E-state index in [0.29, 0.717) is 24.9 Å². The van der Waals surface area contributed by atoms with E-state index in [1.165, 1.54) is 25.3 Å². The summed E-state index contributed by atoms with van der Waals surface area (Å²) >= 11 is 0. The maximum atomic E-state index is 13.6. The maximum absolute atomic E-state index is 13.6. The highest BCUT2D eigenvalue weighted by Crippen LogP contribution is 2.55. The smallest absolute Gasteiger partial charge is 0.407 e. The van der Waals surface area contributed by atoms with Crippen LogP contribution in [0.1, 0.15) is 106 Å². The summed E-state index contributed by atoms with van der Waals surface area (Å²) in [5.41, 5.74) is 6.28. The Bertz CT molecular complexity index is 2040. The zero-order chi connectivity index (χ0) is 39.0. The Morgan fingerprint density at radius 2 is 1.29 bits per heavy atom. The number of imidazole rings is 2. The minimum atomic E-state index is -0.679. The molecule has 2 aromatic heterocycles. The van der Waals surface area contributed by atoms with E-state index in [0.717, 1.165) is 66.0 Å². The van der Waals surface area contributed by atoms with Crippen molar-refractivity contribution in [1.82, 2.24) is 40.4 Å². The number of carbonyl (C=O) groups excluding carboxylic acids is 4. The number of alkyl carbamates (subject to hydrolysis) is 2. The van der Waals surface area contributed by atoms with Gasteiger partial charge in [-0.05, 0) is 84.6 Å². The number of aromatic nitrogens is 4. The average molecular weight is 753 g/mol. The summed E-state index contributed by atoms with van der Waals surface area (Å²) in [6.45, 7) is 8.85. The average Bonchev–Trinajstić information content (AvgIpc) is 3.69. The number of likely N-dealkylation sites (tertiary alicyclic amines) is 2. The lowest BCUT2D eigenvalue weighted by Gasteiger charge is -2.30. The van der Waals surface area contributed by atoms with Crippen LogP contribution in [0.15, 0.2) is 48.7 Å². The second kappa shape index (κ2) is 15.8. The molecule has 3 fully saturated rings. The first-order chi connectivity index (χ1) is 26.5. The standard InChI is InChI=1S/C41H52N8O6/c1-22(2)34(46-40(52)54-5)38(50)48-17-7-9-32(48)36-42-21-31(45-36)25-13-11-24(12-14-25)27-20-28(27)26-15-16-29-30(19-26)44-37(43-29)33-10-8-18-49(33)39(51)35(23(3)4)47-41(53)55-6/h11-16,19,21-23,27-28,32-35H,7-10,17-18,20H2,1-6H3,(H,42,45)(H,43,44)(H,46,52)(H,47,53)/t27-,28+,32-,33-,34-,35-/m0/s1.